The fourth-order valence-electron chi connectivity index (χ4n) is 2.55. The van der Waals surface area contributed by atoms with Crippen molar-refractivity contribution < 1.29 is 4.74 Å². The zero-order valence-electron chi connectivity index (χ0n) is 14.0. The molecular weight excluding hydrogens is 342 g/mol. The van der Waals surface area contributed by atoms with E-state index in [1.807, 2.05) is 72.8 Å². The van der Waals surface area contributed by atoms with Crippen molar-refractivity contribution in [2.45, 2.75) is 6.61 Å². The van der Waals surface area contributed by atoms with Gasteiger partial charge in [0.05, 0.1) is 16.4 Å². The van der Waals surface area contributed by atoms with E-state index in [4.69, 9.17) is 4.74 Å². The van der Waals surface area contributed by atoms with Crippen molar-refractivity contribution in [1.82, 2.24) is 4.98 Å². The van der Waals surface area contributed by atoms with Gasteiger partial charge in [0.15, 0.2) is 0 Å². The van der Waals surface area contributed by atoms with Crippen LogP contribution in [0.3, 0.4) is 0 Å². The Morgan fingerprint density at radius 1 is 0.923 bits per heavy atom. The number of nitrogens with one attached hydrogen (secondary N) is 1. The van der Waals surface area contributed by atoms with E-state index in [0.717, 1.165) is 32.2 Å². The van der Waals surface area contributed by atoms with E-state index in [0.29, 0.717) is 6.61 Å². The summed E-state index contributed by atoms with van der Waals surface area (Å²) in [5, 5.41) is 5.12. The molecule has 0 amide bonds. The van der Waals surface area contributed by atoms with Crippen LogP contribution in [0.1, 0.15) is 11.1 Å². The summed E-state index contributed by atoms with van der Waals surface area (Å²) in [7, 11) is 0. The van der Waals surface area contributed by atoms with Gasteiger partial charge in [-0.3, -0.25) is 5.43 Å². The summed E-state index contributed by atoms with van der Waals surface area (Å²) >= 11 is 1.58. The van der Waals surface area contributed by atoms with Crippen LogP contribution in [0.2, 0.25) is 0 Å². The van der Waals surface area contributed by atoms with Gasteiger partial charge < -0.3 is 4.74 Å². The molecule has 0 bridgehead atoms. The molecule has 128 valence electrons. The highest BCUT2D eigenvalue weighted by Gasteiger charge is 2.03. The molecule has 0 atom stereocenters. The van der Waals surface area contributed by atoms with Crippen molar-refractivity contribution in [3.8, 4) is 5.75 Å². The average Bonchev–Trinajstić information content (AvgIpc) is 3.11. The van der Waals surface area contributed by atoms with E-state index in [2.05, 4.69) is 21.6 Å². The van der Waals surface area contributed by atoms with E-state index in [-0.39, 0.29) is 0 Å². The van der Waals surface area contributed by atoms with E-state index >= 15 is 0 Å². The zero-order valence-corrected chi connectivity index (χ0v) is 14.8. The molecule has 4 rings (SSSR count). The summed E-state index contributed by atoms with van der Waals surface area (Å²) in [6, 6.07) is 25.9. The van der Waals surface area contributed by atoms with Gasteiger partial charge >= 0.3 is 0 Å². The van der Waals surface area contributed by atoms with Crippen LogP contribution < -0.4 is 10.2 Å². The van der Waals surface area contributed by atoms with Gasteiger partial charge in [0.1, 0.15) is 12.4 Å². The number of hydrogen-bond donors (Lipinski definition) is 1. The highest BCUT2D eigenvalue weighted by atomic mass is 32.1. The Kier molecular flexibility index (Phi) is 4.89. The maximum atomic E-state index is 5.84. The molecule has 0 aliphatic rings. The van der Waals surface area contributed by atoms with Crippen molar-refractivity contribution in [3.63, 3.8) is 0 Å². The van der Waals surface area contributed by atoms with Crippen molar-refractivity contribution in [2.75, 3.05) is 5.43 Å². The first-order chi connectivity index (χ1) is 12.9. The monoisotopic (exact) mass is 359 g/mol. The topological polar surface area (TPSA) is 46.5 Å². The number of para-hydroxylation sites is 2. The number of thiazole rings is 1. The minimum Gasteiger partial charge on any atom is -0.489 e. The Hall–Kier alpha value is -3.18. The molecule has 1 aromatic heterocycles. The molecule has 0 saturated heterocycles. The molecule has 4 aromatic rings. The summed E-state index contributed by atoms with van der Waals surface area (Å²) in [4.78, 5) is 4.51. The number of fused-ring (bicyclic) bond motifs is 1. The number of anilines is 1. The predicted octanol–water partition coefficient (Wildman–Crippen LogP) is 5.32. The third-order valence-electron chi connectivity index (χ3n) is 3.85. The van der Waals surface area contributed by atoms with Crippen LogP contribution in [-0.2, 0) is 6.61 Å². The molecule has 1 heterocycles. The van der Waals surface area contributed by atoms with Crippen LogP contribution in [0.25, 0.3) is 10.2 Å². The van der Waals surface area contributed by atoms with Gasteiger partial charge in [-0.1, -0.05) is 65.9 Å². The lowest BCUT2D eigenvalue weighted by atomic mass is 10.1. The largest absolute Gasteiger partial charge is 0.489 e. The van der Waals surface area contributed by atoms with Crippen LogP contribution >= 0.6 is 11.3 Å². The van der Waals surface area contributed by atoms with E-state index in [1.165, 1.54) is 0 Å². The molecule has 5 heteroatoms. The minimum absolute atomic E-state index is 0.493. The SMILES string of the molecule is C(=N/Nc1nc2ccccc2s1)/c1ccccc1COc1ccccc1. The van der Waals surface area contributed by atoms with E-state index < -0.39 is 0 Å². The number of rotatable bonds is 6. The Labute approximate surface area is 155 Å². The fourth-order valence-corrected chi connectivity index (χ4v) is 3.36. The molecule has 3 aromatic carbocycles. The van der Waals surface area contributed by atoms with Gasteiger partial charge in [0.25, 0.3) is 0 Å². The molecule has 0 unspecified atom stereocenters. The highest BCUT2D eigenvalue weighted by Crippen LogP contribution is 2.25. The Morgan fingerprint density at radius 3 is 2.58 bits per heavy atom. The number of aromatic nitrogens is 1. The molecule has 0 aliphatic heterocycles. The Morgan fingerprint density at radius 2 is 1.69 bits per heavy atom. The molecule has 0 radical (unpaired) electrons. The number of hydrazone groups is 1. The summed E-state index contributed by atoms with van der Waals surface area (Å²) in [6.07, 6.45) is 1.80. The molecule has 4 nitrogen and oxygen atoms in total. The highest BCUT2D eigenvalue weighted by molar-refractivity contribution is 7.22. The second kappa shape index (κ2) is 7.80. The first-order valence-corrected chi connectivity index (χ1v) is 9.10. The standard InChI is InChI=1S/C21H17N3OS/c1-2-10-18(11-3-1)25-15-17-9-5-4-8-16(17)14-22-24-21-23-19-12-6-7-13-20(19)26-21/h1-14H,15H2,(H,23,24)/b22-14-. The number of ether oxygens (including phenoxy) is 1. The molecule has 1 N–H and O–H groups in total. The van der Waals surface area contributed by atoms with Gasteiger partial charge in [0.2, 0.25) is 5.13 Å². The lowest BCUT2D eigenvalue weighted by Crippen LogP contribution is -2.00. The van der Waals surface area contributed by atoms with Crippen molar-refractivity contribution >= 4 is 32.9 Å². The lowest BCUT2D eigenvalue weighted by molar-refractivity contribution is 0.306. The number of nitrogens with zero attached hydrogens (tertiary/aromatic N) is 2. The summed E-state index contributed by atoms with van der Waals surface area (Å²) < 4.78 is 6.99. The Balaban J connectivity index is 1.44. The van der Waals surface area contributed by atoms with Gasteiger partial charge in [-0.2, -0.15) is 5.10 Å². The molecule has 0 fully saturated rings. The number of benzene rings is 3. The van der Waals surface area contributed by atoms with Crippen molar-refractivity contribution in [3.05, 3.63) is 90.0 Å². The normalized spacial score (nSPS) is 11.1. The van der Waals surface area contributed by atoms with Gasteiger partial charge in [-0.05, 0) is 29.8 Å². The number of hydrogen-bond acceptors (Lipinski definition) is 5. The summed E-state index contributed by atoms with van der Waals surface area (Å²) in [6.45, 7) is 0.493. The van der Waals surface area contributed by atoms with Crippen LogP contribution in [0, 0.1) is 0 Å². The molecule has 0 saturated carbocycles. The first-order valence-electron chi connectivity index (χ1n) is 8.29. The van der Waals surface area contributed by atoms with Crippen molar-refractivity contribution in [2.24, 2.45) is 5.10 Å². The fraction of sp³-hybridized carbons (Fsp3) is 0.0476. The third kappa shape index (κ3) is 3.90. The van der Waals surface area contributed by atoms with Crippen LogP contribution in [0.4, 0.5) is 5.13 Å². The van der Waals surface area contributed by atoms with Gasteiger partial charge in [-0.25, -0.2) is 4.98 Å². The van der Waals surface area contributed by atoms with Crippen LogP contribution in [0.15, 0.2) is 84.0 Å². The zero-order chi connectivity index (χ0) is 17.6. The Bertz CT molecular complexity index is 995. The second-order valence-electron chi connectivity index (χ2n) is 5.66. The quantitative estimate of drug-likeness (QED) is 0.374. The van der Waals surface area contributed by atoms with E-state index in [1.54, 1.807) is 17.6 Å². The summed E-state index contributed by atoms with van der Waals surface area (Å²) in [5.74, 6) is 0.854. The molecule has 26 heavy (non-hydrogen) atoms. The molecular formula is C21H17N3OS. The van der Waals surface area contributed by atoms with E-state index in [9.17, 15) is 0 Å². The maximum absolute atomic E-state index is 5.84. The maximum Gasteiger partial charge on any atom is 0.204 e. The smallest absolute Gasteiger partial charge is 0.204 e. The van der Waals surface area contributed by atoms with Crippen LogP contribution in [-0.4, -0.2) is 11.2 Å². The van der Waals surface area contributed by atoms with Gasteiger partial charge in [-0.15, -0.1) is 0 Å². The average molecular weight is 359 g/mol. The summed E-state index contributed by atoms with van der Waals surface area (Å²) in [5.41, 5.74) is 6.08. The lowest BCUT2D eigenvalue weighted by Gasteiger charge is -2.08. The predicted molar refractivity (Wildman–Crippen MR) is 108 cm³/mol. The minimum atomic E-state index is 0.493. The third-order valence-corrected chi connectivity index (χ3v) is 4.79. The first kappa shape index (κ1) is 16.3. The van der Waals surface area contributed by atoms with Crippen LogP contribution in [0.5, 0.6) is 5.75 Å². The van der Waals surface area contributed by atoms with Gasteiger partial charge in [0, 0.05) is 5.56 Å². The molecule has 0 aliphatic carbocycles. The molecule has 0 spiro atoms. The van der Waals surface area contributed by atoms with Crippen molar-refractivity contribution in [1.29, 1.82) is 0 Å². The second-order valence-corrected chi connectivity index (χ2v) is 6.69.